The number of nitrogens with one attached hydrogen (secondary N) is 8. The molecule has 12 heterocycles. The van der Waals surface area contributed by atoms with E-state index in [0.717, 1.165) is 118 Å². The summed E-state index contributed by atoms with van der Waals surface area (Å²) >= 11 is 12.1. The van der Waals surface area contributed by atoms with Crippen molar-refractivity contribution in [3.8, 4) is 45.0 Å². The van der Waals surface area contributed by atoms with Crippen molar-refractivity contribution >= 4 is 125 Å². The van der Waals surface area contributed by atoms with E-state index in [-0.39, 0.29) is 0 Å². The quantitative estimate of drug-likeness (QED) is 0.0485. The third-order valence-electron chi connectivity index (χ3n) is 15.2. The van der Waals surface area contributed by atoms with Gasteiger partial charge in [-0.05, 0) is 165 Å². The Kier molecular flexibility index (Phi) is 18.4. The van der Waals surface area contributed by atoms with Crippen molar-refractivity contribution in [1.82, 2.24) is 79.7 Å². The number of anilines is 10. The molecular weight excluding hydrogens is 1240 g/mol. The molecule has 0 amide bonds. The highest BCUT2D eigenvalue weighted by Crippen LogP contribution is 2.33. The number of hydrogen-bond acceptors (Lipinski definition) is 18. The first kappa shape index (κ1) is 62.2. The second kappa shape index (κ2) is 28.5. The van der Waals surface area contributed by atoms with Gasteiger partial charge in [-0.15, -0.1) is 0 Å². The van der Waals surface area contributed by atoms with Crippen LogP contribution >= 0.6 is 23.2 Å². The zero-order valence-corrected chi connectivity index (χ0v) is 53.6. The lowest BCUT2D eigenvalue weighted by Crippen LogP contribution is -2.08. The average molecular weight is 1300 g/mol. The van der Waals surface area contributed by atoms with Gasteiger partial charge in [-0.3, -0.25) is 0 Å². The Bertz CT molecular complexity index is 5320. The Morgan fingerprint density at radius 3 is 1.11 bits per heavy atom. The molecule has 16 rings (SSSR count). The molecular formula is C72H60Cl2N22. The number of para-hydroxylation sites is 1. The van der Waals surface area contributed by atoms with Crippen molar-refractivity contribution in [1.29, 1.82) is 0 Å². The first-order valence-electron chi connectivity index (χ1n) is 30.2. The molecule has 4 aromatic carbocycles. The maximum absolute atomic E-state index is 6.18. The maximum Gasteiger partial charge on any atom is 0.227 e. The van der Waals surface area contributed by atoms with Crippen molar-refractivity contribution in [3.05, 3.63) is 253 Å². The SMILES string of the molecule is CN(C)c1ccc(Nc2nccc(-c3c[nH]c4ncccc34)n2)cc1.Cc1cccc(C)c1Nc1nccc(-c2c[nH]c3ncccc23)n1.Clc1ccc(Nc2nccc(-c3c[nH]c4ncccc34)n2)c(Cl)c1.Nc1ccc(Nc2nccc(-c3c[nH]c4ncccc34)n2)cc1. The van der Waals surface area contributed by atoms with Gasteiger partial charge in [0.1, 0.15) is 22.6 Å². The number of nitrogen functional groups attached to an aromatic ring is 1. The van der Waals surface area contributed by atoms with E-state index in [4.69, 9.17) is 28.9 Å². The van der Waals surface area contributed by atoms with E-state index in [1.54, 1.807) is 67.8 Å². The van der Waals surface area contributed by atoms with Crippen LogP contribution < -0.4 is 31.9 Å². The zero-order valence-electron chi connectivity index (χ0n) is 52.1. The van der Waals surface area contributed by atoms with Gasteiger partial charge in [0.2, 0.25) is 23.8 Å². The van der Waals surface area contributed by atoms with E-state index in [9.17, 15) is 0 Å². The molecule has 0 fully saturated rings. The lowest BCUT2D eigenvalue weighted by atomic mass is 10.1. The molecule has 0 bridgehead atoms. The number of aromatic nitrogens is 16. The molecule has 0 aliphatic carbocycles. The fourth-order valence-electron chi connectivity index (χ4n) is 10.4. The summed E-state index contributed by atoms with van der Waals surface area (Å²) in [5.74, 6) is 2.14. The minimum atomic E-state index is 0.454. The fourth-order valence-corrected chi connectivity index (χ4v) is 10.9. The van der Waals surface area contributed by atoms with Crippen LogP contribution in [0.2, 0.25) is 10.0 Å². The maximum atomic E-state index is 6.18. The molecule has 24 heteroatoms. The van der Waals surface area contributed by atoms with E-state index < -0.39 is 0 Å². The first-order valence-corrected chi connectivity index (χ1v) is 30.9. The van der Waals surface area contributed by atoms with Gasteiger partial charge in [-0.2, -0.15) is 0 Å². The standard InChI is InChI=1S/C19H18N6.C19H17N5.C17H11Cl2N5.C17H14N6/c1-25(2)14-7-5-13(6-8-14)23-19-21-11-9-17(24-19)16-12-22-18-15(16)4-3-10-20-18;1-12-5-3-6-13(2)17(12)24-19-21-10-8-16(23-19)15-11-22-18-14(15)7-4-9-20-18;18-10-3-4-15(13(19)8-10)24-17-21-7-5-14(23-17)12-9-22-16-11(12)2-1-6-20-16;18-11-3-5-12(6-4-11)22-17-20-9-7-15(23-17)14-10-21-16-13(14)2-1-8-19-16/h3-12H,1-2H3,(H,20,22)(H,21,23,24);3-11H,1-2H3,(H,20,22)(H,21,23,24);1-9H,(H,20,22)(H,21,23,24);1-10H,18H2,(H,19,21)(H,20,22,23). The topological polar surface area (TPSA) is 295 Å². The second-order valence-corrected chi connectivity index (χ2v) is 22.8. The van der Waals surface area contributed by atoms with Crippen LogP contribution in [0.25, 0.3) is 89.2 Å². The monoisotopic (exact) mass is 1300 g/mol. The number of nitrogens with two attached hydrogens (primary N) is 1. The summed E-state index contributed by atoms with van der Waals surface area (Å²) in [6.45, 7) is 4.15. The van der Waals surface area contributed by atoms with Crippen LogP contribution in [0.15, 0.2) is 232 Å². The molecule has 0 spiro atoms. The highest BCUT2D eigenvalue weighted by molar-refractivity contribution is 6.36. The van der Waals surface area contributed by atoms with Crippen LogP contribution in [-0.2, 0) is 0 Å². The van der Waals surface area contributed by atoms with Crippen molar-refractivity contribution in [2.75, 3.05) is 46.0 Å². The molecule has 0 aliphatic rings. The largest absolute Gasteiger partial charge is 0.399 e. The molecule has 96 heavy (non-hydrogen) atoms. The van der Waals surface area contributed by atoms with E-state index >= 15 is 0 Å². The first-order chi connectivity index (χ1) is 46.9. The highest BCUT2D eigenvalue weighted by atomic mass is 35.5. The Morgan fingerprint density at radius 1 is 0.375 bits per heavy atom. The Hall–Kier alpha value is -12.7. The summed E-state index contributed by atoms with van der Waals surface area (Å²) in [6.07, 6.45) is 21.7. The molecule has 0 radical (unpaired) electrons. The predicted octanol–water partition coefficient (Wildman–Crippen LogP) is 16.6. The summed E-state index contributed by atoms with van der Waals surface area (Å²) in [4.78, 5) is 67.6. The van der Waals surface area contributed by atoms with Crippen LogP contribution in [0.1, 0.15) is 11.1 Å². The summed E-state index contributed by atoms with van der Waals surface area (Å²) in [6, 6.07) is 50.3. The molecule has 0 saturated heterocycles. The molecule has 0 atom stereocenters. The van der Waals surface area contributed by atoms with Gasteiger partial charge in [0.15, 0.2) is 0 Å². The molecule has 0 saturated carbocycles. The van der Waals surface area contributed by atoms with Crippen molar-refractivity contribution in [3.63, 3.8) is 0 Å². The normalized spacial score (nSPS) is 10.9. The number of aromatic amines is 4. The van der Waals surface area contributed by atoms with Crippen LogP contribution in [-0.4, -0.2) is 93.8 Å². The van der Waals surface area contributed by atoms with Gasteiger partial charge in [0.25, 0.3) is 0 Å². The molecule has 0 unspecified atom stereocenters. The number of hydrogen-bond donors (Lipinski definition) is 9. The summed E-state index contributed by atoms with van der Waals surface area (Å²) in [5, 5.41) is 18.1. The van der Waals surface area contributed by atoms with E-state index in [1.807, 2.05) is 154 Å². The minimum absolute atomic E-state index is 0.454. The number of H-pyrrole nitrogens is 4. The third kappa shape index (κ3) is 14.5. The number of rotatable bonds is 13. The van der Waals surface area contributed by atoms with Gasteiger partial charge >= 0.3 is 0 Å². The molecule has 16 aromatic rings. The summed E-state index contributed by atoms with van der Waals surface area (Å²) < 4.78 is 0. The number of halogens is 2. The van der Waals surface area contributed by atoms with Crippen LogP contribution in [0, 0.1) is 13.8 Å². The third-order valence-corrected chi connectivity index (χ3v) is 15.8. The zero-order chi connectivity index (χ0) is 65.9. The van der Waals surface area contributed by atoms with E-state index in [1.165, 1.54) is 11.1 Å². The van der Waals surface area contributed by atoms with Gasteiger partial charge in [-0.1, -0.05) is 41.4 Å². The molecule has 12 aromatic heterocycles. The Labute approximate surface area is 560 Å². The summed E-state index contributed by atoms with van der Waals surface area (Å²) in [5.41, 5.74) is 24.2. The Morgan fingerprint density at radius 2 is 0.740 bits per heavy atom. The van der Waals surface area contributed by atoms with Crippen molar-refractivity contribution < 1.29 is 0 Å². The van der Waals surface area contributed by atoms with Gasteiger partial charge < -0.3 is 51.8 Å². The van der Waals surface area contributed by atoms with Crippen LogP contribution in [0.4, 0.5) is 57.9 Å². The highest BCUT2D eigenvalue weighted by Gasteiger charge is 2.15. The molecule has 10 N–H and O–H groups in total. The number of fused-ring (bicyclic) bond motifs is 4. The lowest BCUT2D eigenvalue weighted by Gasteiger charge is -2.13. The fraction of sp³-hybridized carbons (Fsp3) is 0.0556. The number of aryl methyl sites for hydroxylation is 2. The van der Waals surface area contributed by atoms with Crippen LogP contribution in [0.3, 0.4) is 0 Å². The smallest absolute Gasteiger partial charge is 0.227 e. The molecule has 22 nitrogen and oxygen atoms in total. The van der Waals surface area contributed by atoms with Crippen molar-refractivity contribution in [2.45, 2.75) is 13.8 Å². The second-order valence-electron chi connectivity index (χ2n) is 21.9. The number of benzene rings is 4. The minimum Gasteiger partial charge on any atom is -0.399 e. The van der Waals surface area contributed by atoms with Gasteiger partial charge in [0.05, 0.1) is 33.5 Å². The molecule has 472 valence electrons. The van der Waals surface area contributed by atoms with Gasteiger partial charge in [0, 0.05) is 166 Å². The average Bonchev–Trinajstić information content (AvgIpc) is 1.66. The molecule has 0 aliphatic heterocycles. The lowest BCUT2D eigenvalue weighted by molar-refractivity contribution is 1.13. The summed E-state index contributed by atoms with van der Waals surface area (Å²) in [7, 11) is 4.04. The number of pyridine rings is 4. The Balaban J connectivity index is 0.000000116. The predicted molar refractivity (Wildman–Crippen MR) is 386 cm³/mol. The van der Waals surface area contributed by atoms with Crippen LogP contribution in [0.5, 0.6) is 0 Å². The van der Waals surface area contributed by atoms with E-state index in [0.29, 0.717) is 39.5 Å². The van der Waals surface area contributed by atoms with E-state index in [2.05, 4.69) is 144 Å². The number of nitrogens with zero attached hydrogens (tertiary/aromatic N) is 13. The van der Waals surface area contributed by atoms with Gasteiger partial charge in [-0.25, -0.2) is 59.8 Å². The van der Waals surface area contributed by atoms with Crippen molar-refractivity contribution in [2.24, 2.45) is 0 Å².